The quantitative estimate of drug-likeness (QED) is 0.829. The van der Waals surface area contributed by atoms with Crippen LogP contribution in [0.1, 0.15) is 24.3 Å². The van der Waals surface area contributed by atoms with Gasteiger partial charge < -0.3 is 15.2 Å². The lowest BCUT2D eigenvalue weighted by Crippen LogP contribution is -2.12. The molecule has 20 heavy (non-hydrogen) atoms. The Morgan fingerprint density at radius 3 is 2.25 bits per heavy atom. The second kappa shape index (κ2) is 6.05. The van der Waals surface area contributed by atoms with Crippen LogP contribution in [-0.2, 0) is 0 Å². The van der Waals surface area contributed by atoms with Crippen molar-refractivity contribution in [1.29, 1.82) is 0 Å². The van der Waals surface area contributed by atoms with Crippen LogP contribution in [0.25, 0.3) is 11.3 Å². The number of amides is 1. The summed E-state index contributed by atoms with van der Waals surface area (Å²) >= 11 is 0. The van der Waals surface area contributed by atoms with Gasteiger partial charge in [-0.3, -0.25) is 4.79 Å². The third-order valence-electron chi connectivity index (χ3n) is 2.56. The molecule has 1 amide bonds. The van der Waals surface area contributed by atoms with Crippen molar-refractivity contribution in [3.63, 3.8) is 0 Å². The van der Waals surface area contributed by atoms with Gasteiger partial charge >= 0.3 is 0 Å². The highest BCUT2D eigenvalue weighted by Crippen LogP contribution is 2.30. The number of primary amides is 1. The Morgan fingerprint density at radius 1 is 1.15 bits per heavy atom. The molecule has 1 heterocycles. The van der Waals surface area contributed by atoms with E-state index in [1.165, 1.54) is 0 Å². The summed E-state index contributed by atoms with van der Waals surface area (Å²) in [6.45, 7) is 4.82. The van der Waals surface area contributed by atoms with E-state index in [1.807, 2.05) is 13.8 Å². The van der Waals surface area contributed by atoms with Crippen molar-refractivity contribution in [3.8, 4) is 22.8 Å². The molecule has 0 atom stereocenters. The smallest absolute Gasteiger partial charge is 0.271 e. The summed E-state index contributed by atoms with van der Waals surface area (Å²) in [7, 11) is 0. The van der Waals surface area contributed by atoms with Gasteiger partial charge in [0.1, 0.15) is 17.2 Å². The number of H-pyrrole nitrogens is 1. The van der Waals surface area contributed by atoms with Gasteiger partial charge in [0.25, 0.3) is 5.91 Å². The fourth-order valence-corrected chi connectivity index (χ4v) is 1.81. The van der Waals surface area contributed by atoms with Crippen molar-refractivity contribution >= 4 is 5.91 Å². The highest BCUT2D eigenvalue weighted by Gasteiger charge is 2.16. The van der Waals surface area contributed by atoms with Crippen molar-refractivity contribution in [2.75, 3.05) is 13.2 Å². The van der Waals surface area contributed by atoms with E-state index in [-0.39, 0.29) is 5.69 Å². The second-order valence-electron chi connectivity index (χ2n) is 3.94. The van der Waals surface area contributed by atoms with E-state index in [4.69, 9.17) is 15.2 Å². The molecule has 0 saturated carbocycles. The van der Waals surface area contributed by atoms with Crippen molar-refractivity contribution < 1.29 is 14.3 Å². The Bertz CT molecular complexity index is 585. The van der Waals surface area contributed by atoms with Gasteiger partial charge in [-0.15, -0.1) is 0 Å². The molecule has 7 heteroatoms. The number of nitrogens with zero attached hydrogens (tertiary/aromatic N) is 2. The number of nitrogens with one attached hydrogen (secondary N) is 1. The van der Waals surface area contributed by atoms with Crippen molar-refractivity contribution in [3.05, 3.63) is 23.9 Å². The number of carbonyl (C=O) groups excluding carboxylic acids is 1. The van der Waals surface area contributed by atoms with Gasteiger partial charge in [-0.25, -0.2) is 0 Å². The number of hydrogen-bond donors (Lipinski definition) is 2. The lowest BCUT2D eigenvalue weighted by atomic mass is 10.1. The van der Waals surface area contributed by atoms with Gasteiger partial charge in [0.15, 0.2) is 5.69 Å². The zero-order valence-electron chi connectivity index (χ0n) is 11.3. The number of nitrogens with two attached hydrogens (primary N) is 1. The van der Waals surface area contributed by atoms with Crippen LogP contribution in [-0.4, -0.2) is 34.5 Å². The number of aromatic amines is 1. The summed E-state index contributed by atoms with van der Waals surface area (Å²) in [4.78, 5) is 11.3. The molecule has 7 nitrogen and oxygen atoms in total. The molecule has 1 aromatic heterocycles. The summed E-state index contributed by atoms with van der Waals surface area (Å²) in [6, 6.07) is 5.30. The number of hydrogen-bond acceptors (Lipinski definition) is 5. The highest BCUT2D eigenvalue weighted by atomic mass is 16.5. The van der Waals surface area contributed by atoms with Gasteiger partial charge in [0.05, 0.1) is 13.2 Å². The van der Waals surface area contributed by atoms with Gasteiger partial charge in [-0.2, -0.15) is 15.4 Å². The first-order chi connectivity index (χ1) is 9.65. The average Bonchev–Trinajstić information content (AvgIpc) is 2.88. The number of aromatic nitrogens is 3. The molecular formula is C13H16N4O3. The number of rotatable bonds is 6. The molecular weight excluding hydrogens is 260 g/mol. The molecule has 0 fully saturated rings. The van der Waals surface area contributed by atoms with Gasteiger partial charge in [0, 0.05) is 11.6 Å². The molecule has 3 N–H and O–H groups in total. The lowest BCUT2D eigenvalue weighted by Gasteiger charge is -2.09. The summed E-state index contributed by atoms with van der Waals surface area (Å²) in [6.07, 6.45) is 0. The van der Waals surface area contributed by atoms with Crippen LogP contribution in [0.2, 0.25) is 0 Å². The van der Waals surface area contributed by atoms with Crippen LogP contribution < -0.4 is 15.2 Å². The minimum absolute atomic E-state index is 0.0843. The maximum atomic E-state index is 11.3. The number of ether oxygens (including phenoxy) is 2. The standard InChI is InChI=1S/C13H16N4O3/c1-3-19-9-5-8(6-10(7-9)20-4-2)11-12(13(14)18)16-17-15-11/h5-7H,3-4H2,1-2H3,(H2,14,18)(H,15,16,17). The summed E-state index contributed by atoms with van der Waals surface area (Å²) in [5.74, 6) is 0.618. The molecule has 1 aromatic carbocycles. The maximum Gasteiger partial charge on any atom is 0.271 e. The predicted octanol–water partition coefficient (Wildman–Crippen LogP) is 1.37. The molecule has 0 aliphatic carbocycles. The van der Waals surface area contributed by atoms with Crippen LogP contribution in [0, 0.1) is 0 Å². The monoisotopic (exact) mass is 276 g/mol. The van der Waals surface area contributed by atoms with Gasteiger partial charge in [0.2, 0.25) is 0 Å². The normalized spacial score (nSPS) is 10.3. The first-order valence-electron chi connectivity index (χ1n) is 6.27. The Morgan fingerprint density at radius 2 is 1.75 bits per heavy atom. The second-order valence-corrected chi connectivity index (χ2v) is 3.94. The Hall–Kier alpha value is -2.57. The fourth-order valence-electron chi connectivity index (χ4n) is 1.81. The van der Waals surface area contributed by atoms with E-state index in [0.29, 0.717) is 36.0 Å². The Balaban J connectivity index is 2.48. The topological polar surface area (TPSA) is 103 Å². The van der Waals surface area contributed by atoms with Crippen molar-refractivity contribution in [1.82, 2.24) is 15.4 Å². The summed E-state index contributed by atoms with van der Waals surface area (Å²) in [5.41, 5.74) is 6.38. The third kappa shape index (κ3) is 2.87. The van der Waals surface area contributed by atoms with E-state index in [9.17, 15) is 4.79 Å². The lowest BCUT2D eigenvalue weighted by molar-refractivity contribution is 0.0996. The summed E-state index contributed by atoms with van der Waals surface area (Å²) in [5, 5.41) is 10.1. The molecule has 2 rings (SSSR count). The zero-order chi connectivity index (χ0) is 14.5. The van der Waals surface area contributed by atoms with Crippen LogP contribution in [0.3, 0.4) is 0 Å². The minimum atomic E-state index is -0.645. The zero-order valence-corrected chi connectivity index (χ0v) is 11.3. The minimum Gasteiger partial charge on any atom is -0.494 e. The van der Waals surface area contributed by atoms with Crippen LogP contribution in [0.5, 0.6) is 11.5 Å². The molecule has 0 spiro atoms. The largest absolute Gasteiger partial charge is 0.494 e. The molecule has 0 unspecified atom stereocenters. The van der Waals surface area contributed by atoms with E-state index >= 15 is 0 Å². The Labute approximate surface area is 116 Å². The first kappa shape index (κ1) is 13.9. The molecule has 0 aliphatic rings. The maximum absolute atomic E-state index is 11.3. The molecule has 0 aliphatic heterocycles. The third-order valence-corrected chi connectivity index (χ3v) is 2.56. The molecule has 106 valence electrons. The van der Waals surface area contributed by atoms with Gasteiger partial charge in [-0.1, -0.05) is 0 Å². The highest BCUT2D eigenvalue weighted by molar-refractivity contribution is 5.96. The van der Waals surface area contributed by atoms with Crippen molar-refractivity contribution in [2.45, 2.75) is 13.8 Å². The molecule has 2 aromatic rings. The molecule has 0 radical (unpaired) electrons. The average molecular weight is 276 g/mol. The number of carbonyl (C=O) groups is 1. The predicted molar refractivity (Wildman–Crippen MR) is 72.7 cm³/mol. The number of benzene rings is 1. The van der Waals surface area contributed by atoms with E-state index in [1.54, 1.807) is 18.2 Å². The van der Waals surface area contributed by atoms with Crippen molar-refractivity contribution in [2.24, 2.45) is 5.73 Å². The fraction of sp³-hybridized carbons (Fsp3) is 0.308. The van der Waals surface area contributed by atoms with E-state index in [2.05, 4.69) is 15.4 Å². The van der Waals surface area contributed by atoms with E-state index in [0.717, 1.165) is 0 Å². The van der Waals surface area contributed by atoms with E-state index < -0.39 is 5.91 Å². The van der Waals surface area contributed by atoms with Crippen LogP contribution in [0.15, 0.2) is 18.2 Å². The molecule has 0 bridgehead atoms. The van der Waals surface area contributed by atoms with Crippen LogP contribution >= 0.6 is 0 Å². The summed E-state index contributed by atoms with van der Waals surface area (Å²) < 4.78 is 11.0. The van der Waals surface area contributed by atoms with Gasteiger partial charge in [-0.05, 0) is 26.0 Å². The first-order valence-corrected chi connectivity index (χ1v) is 6.27. The molecule has 0 saturated heterocycles. The van der Waals surface area contributed by atoms with Crippen LogP contribution in [0.4, 0.5) is 0 Å². The Kier molecular flexibility index (Phi) is 4.19. The SMILES string of the molecule is CCOc1cc(OCC)cc(-c2n[nH]nc2C(N)=O)c1.